The lowest BCUT2D eigenvalue weighted by Crippen LogP contribution is -2.21. The summed E-state index contributed by atoms with van der Waals surface area (Å²) in [5, 5.41) is 13.2. The number of carbonyl (C=O) groups is 3. The molecule has 0 unspecified atom stereocenters. The van der Waals surface area contributed by atoms with Crippen molar-refractivity contribution in [2.45, 2.75) is 11.3 Å². The highest BCUT2D eigenvalue weighted by Crippen LogP contribution is 2.25. The number of nitrogens with zero attached hydrogens (tertiary/aromatic N) is 3. The molecule has 0 spiro atoms. The van der Waals surface area contributed by atoms with E-state index in [2.05, 4.69) is 20.8 Å². The molecule has 0 bridgehead atoms. The van der Waals surface area contributed by atoms with Crippen molar-refractivity contribution in [3.63, 3.8) is 0 Å². The highest BCUT2D eigenvalue weighted by Gasteiger charge is 2.12. The van der Waals surface area contributed by atoms with E-state index in [-0.39, 0.29) is 24.2 Å². The van der Waals surface area contributed by atoms with E-state index >= 15 is 0 Å². The second-order valence-corrected chi connectivity index (χ2v) is 7.53. The zero-order valence-corrected chi connectivity index (χ0v) is 16.6. The molecule has 27 heavy (non-hydrogen) atoms. The zero-order chi connectivity index (χ0) is 19.8. The third-order valence-corrected chi connectivity index (χ3v) is 5.01. The number of rotatable bonds is 7. The zero-order valence-electron chi connectivity index (χ0n) is 15.0. The fourth-order valence-electron chi connectivity index (χ4n) is 1.85. The number of ether oxygens (including phenoxy) is 1. The molecule has 0 aliphatic carbocycles. The molecular formula is C16H19N5O4S2. The summed E-state index contributed by atoms with van der Waals surface area (Å²) in [5.74, 6) is -0.194. The minimum absolute atomic E-state index is 0.105. The van der Waals surface area contributed by atoms with Crippen molar-refractivity contribution in [2.24, 2.45) is 0 Å². The van der Waals surface area contributed by atoms with Crippen LogP contribution in [-0.4, -0.2) is 59.5 Å². The van der Waals surface area contributed by atoms with Gasteiger partial charge in [0.2, 0.25) is 11.0 Å². The van der Waals surface area contributed by atoms with Gasteiger partial charge in [0, 0.05) is 25.3 Å². The van der Waals surface area contributed by atoms with Crippen LogP contribution < -0.4 is 10.6 Å². The number of hydrogen-bond donors (Lipinski definition) is 2. The molecule has 2 aromatic rings. The SMILES string of the molecule is CCOC(=O)Nc1nnc(SCC(=O)Nc2ccc(C(=O)N(C)C)cc2)s1. The average molecular weight is 409 g/mol. The molecule has 0 aliphatic heterocycles. The molecule has 0 aliphatic rings. The largest absolute Gasteiger partial charge is 0.450 e. The fraction of sp³-hybridized carbons (Fsp3) is 0.312. The van der Waals surface area contributed by atoms with Crippen molar-refractivity contribution in [3.8, 4) is 0 Å². The maximum atomic E-state index is 12.0. The molecule has 9 nitrogen and oxygen atoms in total. The number of carbonyl (C=O) groups excluding carboxylic acids is 3. The van der Waals surface area contributed by atoms with Gasteiger partial charge in [0.05, 0.1) is 12.4 Å². The lowest BCUT2D eigenvalue weighted by Gasteiger charge is -2.10. The van der Waals surface area contributed by atoms with Gasteiger partial charge in [-0.1, -0.05) is 23.1 Å². The fourth-order valence-corrected chi connectivity index (χ4v) is 3.39. The minimum Gasteiger partial charge on any atom is -0.450 e. The summed E-state index contributed by atoms with van der Waals surface area (Å²) in [4.78, 5) is 36.7. The molecule has 11 heteroatoms. The molecule has 0 saturated carbocycles. The molecule has 1 aromatic carbocycles. The molecule has 1 heterocycles. The molecule has 144 valence electrons. The maximum absolute atomic E-state index is 12.0. The van der Waals surface area contributed by atoms with E-state index in [1.807, 2.05) is 0 Å². The molecule has 0 radical (unpaired) electrons. The van der Waals surface area contributed by atoms with Crippen LogP contribution in [0.1, 0.15) is 17.3 Å². The Labute approximate surface area is 164 Å². The third-order valence-electron chi connectivity index (χ3n) is 3.04. The van der Waals surface area contributed by atoms with E-state index in [4.69, 9.17) is 4.74 Å². The second kappa shape index (κ2) is 9.88. The van der Waals surface area contributed by atoms with Crippen LogP contribution in [0.4, 0.5) is 15.6 Å². The van der Waals surface area contributed by atoms with Crippen molar-refractivity contribution >= 4 is 51.8 Å². The van der Waals surface area contributed by atoms with Crippen molar-refractivity contribution in [1.82, 2.24) is 15.1 Å². The smallest absolute Gasteiger partial charge is 0.413 e. The predicted molar refractivity (Wildman–Crippen MR) is 104 cm³/mol. The Balaban J connectivity index is 1.82. The third kappa shape index (κ3) is 6.53. The summed E-state index contributed by atoms with van der Waals surface area (Å²) < 4.78 is 5.30. The van der Waals surface area contributed by atoms with Crippen LogP contribution in [0.3, 0.4) is 0 Å². The standard InChI is InChI=1S/C16H19N5O4S2/c1-4-25-15(24)18-14-19-20-16(27-14)26-9-12(22)17-11-7-5-10(6-8-11)13(23)21(2)3/h5-8H,4,9H2,1-3H3,(H,17,22)(H,18,19,24). The van der Waals surface area contributed by atoms with Gasteiger partial charge in [0.15, 0.2) is 4.34 Å². The van der Waals surface area contributed by atoms with Crippen LogP contribution in [-0.2, 0) is 9.53 Å². The van der Waals surface area contributed by atoms with E-state index < -0.39 is 6.09 Å². The highest BCUT2D eigenvalue weighted by molar-refractivity contribution is 8.01. The number of anilines is 2. The number of amides is 3. The van der Waals surface area contributed by atoms with E-state index in [9.17, 15) is 14.4 Å². The molecular weight excluding hydrogens is 390 g/mol. The van der Waals surface area contributed by atoms with E-state index in [1.54, 1.807) is 45.3 Å². The van der Waals surface area contributed by atoms with Crippen molar-refractivity contribution in [3.05, 3.63) is 29.8 Å². The lowest BCUT2D eigenvalue weighted by molar-refractivity contribution is -0.113. The highest BCUT2D eigenvalue weighted by atomic mass is 32.2. The van der Waals surface area contributed by atoms with Crippen LogP contribution >= 0.6 is 23.1 Å². The Bertz CT molecular complexity index is 807. The van der Waals surface area contributed by atoms with Gasteiger partial charge < -0.3 is 15.0 Å². The van der Waals surface area contributed by atoms with Crippen molar-refractivity contribution in [1.29, 1.82) is 0 Å². The number of hydrogen-bond acceptors (Lipinski definition) is 8. The van der Waals surface area contributed by atoms with E-state index in [0.717, 1.165) is 11.3 Å². The molecule has 1 aromatic heterocycles. The van der Waals surface area contributed by atoms with Gasteiger partial charge in [-0.05, 0) is 31.2 Å². The Hall–Kier alpha value is -2.66. The number of benzene rings is 1. The minimum atomic E-state index is -0.598. The van der Waals surface area contributed by atoms with Crippen LogP contribution in [0, 0.1) is 0 Å². The molecule has 3 amide bonds. The van der Waals surface area contributed by atoms with E-state index in [0.29, 0.717) is 20.7 Å². The molecule has 2 N–H and O–H groups in total. The Kier molecular flexibility index (Phi) is 7.55. The molecule has 0 fully saturated rings. The average Bonchev–Trinajstić information content (AvgIpc) is 3.07. The van der Waals surface area contributed by atoms with Gasteiger partial charge >= 0.3 is 6.09 Å². The first kappa shape index (κ1) is 20.6. The lowest BCUT2D eigenvalue weighted by atomic mass is 10.2. The normalized spacial score (nSPS) is 10.2. The van der Waals surface area contributed by atoms with Crippen molar-refractivity contribution < 1.29 is 19.1 Å². The van der Waals surface area contributed by atoms with Crippen LogP contribution in [0.5, 0.6) is 0 Å². The second-order valence-electron chi connectivity index (χ2n) is 5.33. The molecule has 2 rings (SSSR count). The van der Waals surface area contributed by atoms with Gasteiger partial charge in [-0.3, -0.25) is 14.9 Å². The molecule has 0 atom stereocenters. The monoisotopic (exact) mass is 409 g/mol. The summed E-state index contributed by atoms with van der Waals surface area (Å²) in [6, 6.07) is 6.66. The first-order valence-corrected chi connectivity index (χ1v) is 9.71. The first-order valence-electron chi connectivity index (χ1n) is 7.90. The Morgan fingerprint density at radius 2 is 1.85 bits per heavy atom. The predicted octanol–water partition coefficient (Wildman–Crippen LogP) is 2.54. The van der Waals surface area contributed by atoms with Gasteiger partial charge in [0.1, 0.15) is 0 Å². The summed E-state index contributed by atoms with van der Waals surface area (Å²) in [5.41, 5.74) is 1.14. The maximum Gasteiger partial charge on any atom is 0.413 e. The van der Waals surface area contributed by atoms with Gasteiger partial charge in [0.25, 0.3) is 5.91 Å². The summed E-state index contributed by atoms with van der Waals surface area (Å²) >= 11 is 2.35. The summed E-state index contributed by atoms with van der Waals surface area (Å²) in [6.07, 6.45) is -0.598. The Morgan fingerprint density at radius 1 is 1.15 bits per heavy atom. The van der Waals surface area contributed by atoms with E-state index in [1.165, 1.54) is 16.7 Å². The van der Waals surface area contributed by atoms with Crippen LogP contribution in [0.15, 0.2) is 28.6 Å². The van der Waals surface area contributed by atoms with Gasteiger partial charge in [-0.25, -0.2) is 4.79 Å². The summed E-state index contributed by atoms with van der Waals surface area (Å²) in [6.45, 7) is 1.96. The van der Waals surface area contributed by atoms with Gasteiger partial charge in [-0.2, -0.15) is 0 Å². The number of nitrogens with one attached hydrogen (secondary N) is 2. The van der Waals surface area contributed by atoms with Crippen LogP contribution in [0.2, 0.25) is 0 Å². The molecule has 0 saturated heterocycles. The summed E-state index contributed by atoms with van der Waals surface area (Å²) in [7, 11) is 3.35. The van der Waals surface area contributed by atoms with Gasteiger partial charge in [-0.15, -0.1) is 10.2 Å². The number of aromatic nitrogens is 2. The number of thioether (sulfide) groups is 1. The van der Waals surface area contributed by atoms with Crippen LogP contribution in [0.25, 0.3) is 0 Å². The Morgan fingerprint density at radius 3 is 2.48 bits per heavy atom. The topological polar surface area (TPSA) is 114 Å². The first-order chi connectivity index (χ1) is 12.9. The van der Waals surface area contributed by atoms with Crippen molar-refractivity contribution in [2.75, 3.05) is 37.1 Å². The quantitative estimate of drug-likeness (QED) is 0.533.